The third-order valence-corrected chi connectivity index (χ3v) is 2.61. The summed E-state index contributed by atoms with van der Waals surface area (Å²) in [5, 5.41) is 18.6. The fraction of sp³-hybridized carbons (Fsp3) is 0.231. The molecule has 4 heteroatoms. The van der Waals surface area contributed by atoms with Crippen molar-refractivity contribution in [2.45, 2.75) is 19.4 Å². The molecule has 0 amide bonds. The fourth-order valence-corrected chi connectivity index (χ4v) is 1.74. The highest BCUT2D eigenvalue weighted by Crippen LogP contribution is 2.37. The van der Waals surface area contributed by atoms with Crippen LogP contribution in [-0.4, -0.2) is 10.7 Å². The van der Waals surface area contributed by atoms with Crippen LogP contribution in [0.3, 0.4) is 0 Å². The molecule has 1 aromatic heterocycles. The van der Waals surface area contributed by atoms with Gasteiger partial charge in [0.2, 0.25) is 0 Å². The van der Waals surface area contributed by atoms with Crippen LogP contribution in [0.5, 0.6) is 0 Å². The van der Waals surface area contributed by atoms with Gasteiger partial charge in [-0.3, -0.25) is 0 Å². The molecule has 0 aromatic carbocycles. The van der Waals surface area contributed by atoms with Gasteiger partial charge in [0.1, 0.15) is 17.2 Å². The molecule has 0 bridgehead atoms. The Morgan fingerprint density at radius 3 is 2.59 bits per heavy atom. The van der Waals surface area contributed by atoms with E-state index in [1.165, 1.54) is 0 Å². The summed E-state index contributed by atoms with van der Waals surface area (Å²) in [6.45, 7) is 3.62. The summed E-state index contributed by atoms with van der Waals surface area (Å²) < 4.78 is 7.08. The largest absolute Gasteiger partial charge is 0.480 e. The molecule has 0 unspecified atom stereocenters. The van der Waals surface area contributed by atoms with Crippen molar-refractivity contribution in [3.8, 4) is 6.07 Å². The lowest BCUT2D eigenvalue weighted by Crippen LogP contribution is -2.29. The van der Waals surface area contributed by atoms with E-state index in [9.17, 15) is 5.11 Å². The zero-order valence-electron chi connectivity index (χ0n) is 9.71. The topological polar surface area (TPSA) is 57.1 Å². The van der Waals surface area contributed by atoms with Gasteiger partial charge >= 0.3 is 0 Å². The molecule has 0 saturated carbocycles. The van der Waals surface area contributed by atoms with E-state index in [2.05, 4.69) is 0 Å². The Morgan fingerprint density at radius 2 is 2.00 bits per heavy atom. The van der Waals surface area contributed by atoms with Crippen LogP contribution in [-0.2, 0) is 4.74 Å². The van der Waals surface area contributed by atoms with Crippen molar-refractivity contribution < 1.29 is 14.4 Å². The lowest BCUT2D eigenvalue weighted by atomic mass is 9.95. The first-order valence-corrected chi connectivity index (χ1v) is 5.25. The maximum absolute atomic E-state index is 9.56. The Labute approximate surface area is 99.7 Å². The van der Waals surface area contributed by atoms with Gasteiger partial charge in [0.25, 0.3) is 5.95 Å². The number of hydrogen-bond donors (Lipinski definition) is 1. The Balaban J connectivity index is 2.50. The molecule has 0 radical (unpaired) electrons. The molecule has 1 N–H and O–H groups in total. The van der Waals surface area contributed by atoms with Gasteiger partial charge in [-0.05, 0) is 13.8 Å². The minimum absolute atomic E-state index is 0.186. The molecule has 17 heavy (non-hydrogen) atoms. The molecule has 2 heterocycles. The van der Waals surface area contributed by atoms with Crippen molar-refractivity contribution in [3.05, 3.63) is 47.7 Å². The highest BCUT2D eigenvalue weighted by molar-refractivity contribution is 5.55. The Kier molecular flexibility index (Phi) is 2.60. The van der Waals surface area contributed by atoms with Crippen molar-refractivity contribution >= 4 is 6.20 Å². The average Bonchev–Trinajstić information content (AvgIpc) is 2.50. The molecule has 0 atom stereocenters. The van der Waals surface area contributed by atoms with Crippen LogP contribution in [0.2, 0.25) is 0 Å². The monoisotopic (exact) mass is 229 g/mol. The maximum Gasteiger partial charge on any atom is 0.296 e. The quantitative estimate of drug-likeness (QED) is 0.748. The lowest BCUT2D eigenvalue weighted by Gasteiger charge is -2.18. The van der Waals surface area contributed by atoms with Crippen LogP contribution in [0.1, 0.15) is 13.8 Å². The summed E-state index contributed by atoms with van der Waals surface area (Å²) in [5.41, 5.74) is 0.151. The molecule has 0 fully saturated rings. The van der Waals surface area contributed by atoms with Crippen molar-refractivity contribution in [1.29, 1.82) is 5.26 Å². The summed E-state index contributed by atoms with van der Waals surface area (Å²) in [7, 11) is 0. The number of ether oxygens (including phenoxy) is 1. The van der Waals surface area contributed by atoms with E-state index in [0.29, 0.717) is 5.57 Å². The van der Waals surface area contributed by atoms with E-state index in [0.717, 1.165) is 0 Å². The molecule has 1 aliphatic heterocycles. The summed E-state index contributed by atoms with van der Waals surface area (Å²) in [4.78, 5) is 0. The van der Waals surface area contributed by atoms with Gasteiger partial charge in [-0.25, -0.2) is 0 Å². The Hall–Kier alpha value is -2.28. The number of rotatable bonds is 1. The van der Waals surface area contributed by atoms with Crippen molar-refractivity contribution in [2.75, 3.05) is 0 Å². The number of pyridine rings is 1. The smallest absolute Gasteiger partial charge is 0.296 e. The Bertz CT molecular complexity index is 536. The van der Waals surface area contributed by atoms with Gasteiger partial charge in [0.15, 0.2) is 18.6 Å². The number of nitriles is 1. The fourth-order valence-electron chi connectivity index (χ4n) is 1.74. The molecule has 0 aliphatic carbocycles. The summed E-state index contributed by atoms with van der Waals surface area (Å²) in [6, 6.07) is 7.64. The summed E-state index contributed by atoms with van der Waals surface area (Å²) >= 11 is 0. The van der Waals surface area contributed by atoms with Gasteiger partial charge in [-0.15, -0.1) is 0 Å². The first kappa shape index (κ1) is 11.2. The number of aliphatic hydroxyl groups excluding tert-OH is 1. The zero-order chi connectivity index (χ0) is 12.5. The number of nitrogens with zero attached hydrogens (tertiary/aromatic N) is 2. The lowest BCUT2D eigenvalue weighted by molar-refractivity contribution is -0.569. The molecule has 1 aliphatic rings. The van der Waals surface area contributed by atoms with Crippen LogP contribution < -0.4 is 4.57 Å². The third kappa shape index (κ3) is 2.00. The van der Waals surface area contributed by atoms with Gasteiger partial charge in [-0.1, -0.05) is 6.07 Å². The highest BCUT2D eigenvalue weighted by atomic mass is 16.6. The van der Waals surface area contributed by atoms with Gasteiger partial charge < -0.3 is 9.84 Å². The molecule has 1 aromatic rings. The summed E-state index contributed by atoms with van der Waals surface area (Å²) in [6.07, 6.45) is 5.49. The normalized spacial score (nSPS) is 20.2. The molecule has 86 valence electrons. The van der Waals surface area contributed by atoms with E-state index < -0.39 is 5.60 Å². The average molecular weight is 229 g/mol. The van der Waals surface area contributed by atoms with Crippen molar-refractivity contribution in [2.24, 2.45) is 0 Å². The minimum Gasteiger partial charge on any atom is -0.480 e. The first-order chi connectivity index (χ1) is 8.04. The number of aliphatic hydroxyl groups is 1. The molecule has 4 nitrogen and oxygen atoms in total. The van der Waals surface area contributed by atoms with Crippen LogP contribution in [0, 0.1) is 11.3 Å². The Morgan fingerprint density at radius 1 is 1.35 bits per heavy atom. The van der Waals surface area contributed by atoms with Crippen LogP contribution in [0.15, 0.2) is 47.7 Å². The molecular formula is C13H13N2O2+. The van der Waals surface area contributed by atoms with E-state index in [-0.39, 0.29) is 11.5 Å². The third-order valence-electron chi connectivity index (χ3n) is 2.61. The SMILES string of the molecule is CC1(C)OC(O)=C(C#N)/C1=C\[n+]1ccccc1. The first-order valence-electron chi connectivity index (χ1n) is 5.25. The van der Waals surface area contributed by atoms with Gasteiger partial charge in [0, 0.05) is 12.1 Å². The summed E-state index contributed by atoms with van der Waals surface area (Å²) in [5.74, 6) is -0.305. The number of aromatic nitrogens is 1. The predicted molar refractivity (Wildman–Crippen MR) is 61.3 cm³/mol. The number of hydrogen-bond acceptors (Lipinski definition) is 3. The highest BCUT2D eigenvalue weighted by Gasteiger charge is 2.40. The second-order valence-electron chi connectivity index (χ2n) is 4.27. The van der Waals surface area contributed by atoms with E-state index in [4.69, 9.17) is 10.00 Å². The molecular weight excluding hydrogens is 216 g/mol. The standard InChI is InChI=1S/C13H12N2O2/c1-13(2)11(10(8-14)12(16)17-13)9-15-6-4-3-5-7-15/h3-7,9H,1-2H3/p+1/b11-9+. The van der Waals surface area contributed by atoms with E-state index in [1.807, 2.05) is 55.1 Å². The van der Waals surface area contributed by atoms with Crippen molar-refractivity contribution in [3.63, 3.8) is 0 Å². The van der Waals surface area contributed by atoms with Gasteiger partial charge in [0.05, 0.1) is 5.57 Å². The van der Waals surface area contributed by atoms with Crippen LogP contribution in [0.25, 0.3) is 6.20 Å². The molecule has 2 rings (SSSR count). The maximum atomic E-state index is 9.56. The molecule has 0 spiro atoms. The predicted octanol–water partition coefficient (Wildman–Crippen LogP) is 1.92. The van der Waals surface area contributed by atoms with Crippen molar-refractivity contribution in [1.82, 2.24) is 0 Å². The van der Waals surface area contributed by atoms with E-state index >= 15 is 0 Å². The minimum atomic E-state index is -0.696. The molecule has 0 saturated heterocycles. The zero-order valence-corrected chi connectivity index (χ0v) is 9.71. The van der Waals surface area contributed by atoms with Crippen LogP contribution in [0.4, 0.5) is 0 Å². The van der Waals surface area contributed by atoms with Crippen LogP contribution >= 0.6 is 0 Å². The van der Waals surface area contributed by atoms with E-state index in [1.54, 1.807) is 6.20 Å². The second kappa shape index (κ2) is 3.95. The van der Waals surface area contributed by atoms with Gasteiger partial charge in [-0.2, -0.15) is 9.83 Å². The second-order valence-corrected chi connectivity index (χ2v) is 4.27.